The lowest BCUT2D eigenvalue weighted by molar-refractivity contribution is 0.411. The number of methoxy groups -OCH3 is 1. The van der Waals surface area contributed by atoms with Crippen LogP contribution in [-0.2, 0) is 16.4 Å². The van der Waals surface area contributed by atoms with E-state index < -0.39 is 10.0 Å². The summed E-state index contributed by atoms with van der Waals surface area (Å²) in [6, 6.07) is 3.34. The van der Waals surface area contributed by atoms with Crippen LogP contribution in [0.3, 0.4) is 0 Å². The summed E-state index contributed by atoms with van der Waals surface area (Å²) >= 11 is 0. The van der Waals surface area contributed by atoms with Gasteiger partial charge in [0.1, 0.15) is 11.5 Å². The molecular weight excluding hydrogens is 304 g/mol. The van der Waals surface area contributed by atoms with E-state index in [-0.39, 0.29) is 11.4 Å². The lowest BCUT2D eigenvalue weighted by atomic mass is 10.1. The highest BCUT2D eigenvalue weighted by atomic mass is 32.2. The first kappa shape index (κ1) is 16.5. The third-order valence-corrected chi connectivity index (χ3v) is 4.89. The van der Waals surface area contributed by atoms with Crippen LogP contribution in [-0.4, -0.2) is 27.1 Å². The van der Waals surface area contributed by atoms with Crippen molar-refractivity contribution in [2.24, 2.45) is 0 Å². The Morgan fingerprint density at radius 2 is 1.95 bits per heavy atom. The van der Waals surface area contributed by atoms with Crippen LogP contribution in [0.4, 0.5) is 0 Å². The average molecular weight is 324 g/mol. The fourth-order valence-electron chi connectivity index (χ4n) is 2.16. The topological polar surface area (TPSA) is 81.4 Å². The smallest absolute Gasteiger partial charge is 0.240 e. The van der Waals surface area contributed by atoms with Gasteiger partial charge in [-0.3, -0.25) is 0 Å². The molecule has 0 saturated carbocycles. The van der Waals surface area contributed by atoms with Gasteiger partial charge >= 0.3 is 0 Å². The molecule has 2 rings (SSSR count). The molecule has 1 heterocycles. The van der Waals surface area contributed by atoms with Gasteiger partial charge in [0.15, 0.2) is 5.89 Å². The molecule has 0 unspecified atom stereocenters. The SMILES string of the molecule is COc1cc(C)c(S(=O)(=O)NCCc2ncc(C)o2)cc1C. The van der Waals surface area contributed by atoms with Crippen molar-refractivity contribution in [3.05, 3.63) is 41.1 Å². The number of hydrogen-bond donors (Lipinski definition) is 1. The summed E-state index contributed by atoms with van der Waals surface area (Å²) in [5, 5.41) is 0. The molecule has 0 atom stereocenters. The Morgan fingerprint density at radius 3 is 2.55 bits per heavy atom. The lowest BCUT2D eigenvalue weighted by Gasteiger charge is -2.12. The second-order valence-electron chi connectivity index (χ2n) is 5.10. The third kappa shape index (κ3) is 3.66. The van der Waals surface area contributed by atoms with Crippen molar-refractivity contribution in [1.29, 1.82) is 0 Å². The predicted octanol–water partition coefficient (Wildman–Crippen LogP) is 2.13. The predicted molar refractivity (Wildman–Crippen MR) is 82.6 cm³/mol. The van der Waals surface area contributed by atoms with Gasteiger partial charge in [0, 0.05) is 13.0 Å². The van der Waals surface area contributed by atoms with Crippen molar-refractivity contribution in [2.75, 3.05) is 13.7 Å². The van der Waals surface area contributed by atoms with Crippen LogP contribution in [0.2, 0.25) is 0 Å². The largest absolute Gasteiger partial charge is 0.496 e. The molecule has 0 radical (unpaired) electrons. The van der Waals surface area contributed by atoms with E-state index in [1.54, 1.807) is 39.3 Å². The Morgan fingerprint density at radius 1 is 1.23 bits per heavy atom. The number of oxazole rings is 1. The summed E-state index contributed by atoms with van der Waals surface area (Å²) in [6.45, 7) is 5.58. The molecule has 6 nitrogen and oxygen atoms in total. The van der Waals surface area contributed by atoms with Gasteiger partial charge in [-0.05, 0) is 44.0 Å². The number of sulfonamides is 1. The fraction of sp³-hybridized carbons (Fsp3) is 0.400. The molecule has 0 saturated heterocycles. The van der Waals surface area contributed by atoms with Crippen molar-refractivity contribution < 1.29 is 17.6 Å². The number of aryl methyl sites for hydroxylation is 3. The van der Waals surface area contributed by atoms with Crippen LogP contribution >= 0.6 is 0 Å². The molecule has 0 amide bonds. The van der Waals surface area contributed by atoms with Gasteiger partial charge in [0.25, 0.3) is 0 Å². The van der Waals surface area contributed by atoms with E-state index in [2.05, 4.69) is 9.71 Å². The van der Waals surface area contributed by atoms with Crippen LogP contribution in [0.15, 0.2) is 27.6 Å². The van der Waals surface area contributed by atoms with E-state index in [1.807, 2.05) is 6.92 Å². The van der Waals surface area contributed by atoms with Crippen molar-refractivity contribution in [3.8, 4) is 5.75 Å². The summed E-state index contributed by atoms with van der Waals surface area (Å²) in [5.41, 5.74) is 1.42. The van der Waals surface area contributed by atoms with Crippen LogP contribution in [0, 0.1) is 20.8 Å². The molecule has 1 aromatic carbocycles. The van der Waals surface area contributed by atoms with E-state index in [9.17, 15) is 8.42 Å². The third-order valence-electron chi connectivity index (χ3n) is 3.28. The van der Waals surface area contributed by atoms with Crippen molar-refractivity contribution in [2.45, 2.75) is 32.1 Å². The van der Waals surface area contributed by atoms with Gasteiger partial charge in [-0.15, -0.1) is 0 Å². The molecule has 0 bridgehead atoms. The van der Waals surface area contributed by atoms with Crippen molar-refractivity contribution >= 4 is 10.0 Å². The van der Waals surface area contributed by atoms with E-state index >= 15 is 0 Å². The van der Waals surface area contributed by atoms with Gasteiger partial charge in [-0.25, -0.2) is 18.1 Å². The number of rotatable bonds is 6. The zero-order valence-electron chi connectivity index (χ0n) is 13.1. The Kier molecular flexibility index (Phi) is 4.87. The minimum Gasteiger partial charge on any atom is -0.496 e. The number of nitrogens with zero attached hydrogens (tertiary/aromatic N) is 1. The molecule has 0 fully saturated rings. The standard InChI is InChI=1S/C15H20N2O4S/c1-10-8-14(11(2)7-13(10)20-4)22(18,19)17-6-5-15-16-9-12(3)21-15/h7-9,17H,5-6H2,1-4H3. The molecule has 22 heavy (non-hydrogen) atoms. The molecule has 1 aromatic heterocycles. The highest BCUT2D eigenvalue weighted by Crippen LogP contribution is 2.25. The lowest BCUT2D eigenvalue weighted by Crippen LogP contribution is -2.26. The molecule has 120 valence electrons. The van der Waals surface area contributed by atoms with Crippen LogP contribution < -0.4 is 9.46 Å². The molecule has 1 N–H and O–H groups in total. The molecule has 7 heteroatoms. The second kappa shape index (κ2) is 6.50. The van der Waals surface area contributed by atoms with Gasteiger partial charge in [-0.1, -0.05) is 0 Å². The molecule has 0 aliphatic heterocycles. The number of ether oxygens (including phenoxy) is 1. The number of hydrogen-bond acceptors (Lipinski definition) is 5. The maximum absolute atomic E-state index is 12.4. The Labute approximate surface area is 130 Å². The maximum atomic E-state index is 12.4. The Bertz CT molecular complexity index is 766. The number of nitrogens with one attached hydrogen (secondary N) is 1. The minimum absolute atomic E-state index is 0.229. The van der Waals surface area contributed by atoms with E-state index in [0.717, 1.165) is 5.56 Å². The summed E-state index contributed by atoms with van der Waals surface area (Å²) in [4.78, 5) is 4.30. The maximum Gasteiger partial charge on any atom is 0.240 e. The van der Waals surface area contributed by atoms with Crippen molar-refractivity contribution in [3.63, 3.8) is 0 Å². The van der Waals surface area contributed by atoms with E-state index in [4.69, 9.17) is 9.15 Å². The van der Waals surface area contributed by atoms with Gasteiger partial charge < -0.3 is 9.15 Å². The first-order valence-corrected chi connectivity index (χ1v) is 8.38. The van der Waals surface area contributed by atoms with Crippen LogP contribution in [0.1, 0.15) is 22.8 Å². The van der Waals surface area contributed by atoms with Crippen molar-refractivity contribution in [1.82, 2.24) is 9.71 Å². The highest BCUT2D eigenvalue weighted by molar-refractivity contribution is 7.89. The average Bonchev–Trinajstić information content (AvgIpc) is 2.86. The van der Waals surface area contributed by atoms with Gasteiger partial charge in [0.05, 0.1) is 18.2 Å². The second-order valence-corrected chi connectivity index (χ2v) is 6.84. The van der Waals surface area contributed by atoms with Crippen LogP contribution in [0.5, 0.6) is 5.75 Å². The number of benzene rings is 1. The zero-order valence-corrected chi connectivity index (χ0v) is 14.0. The van der Waals surface area contributed by atoms with E-state index in [0.29, 0.717) is 29.4 Å². The molecule has 0 spiro atoms. The molecule has 2 aromatic rings. The zero-order chi connectivity index (χ0) is 16.3. The monoisotopic (exact) mass is 324 g/mol. The summed E-state index contributed by atoms with van der Waals surface area (Å²) < 4.78 is 37.9. The Balaban J connectivity index is 2.11. The first-order chi connectivity index (χ1) is 10.3. The summed E-state index contributed by atoms with van der Waals surface area (Å²) in [7, 11) is -2.01. The summed E-state index contributed by atoms with van der Waals surface area (Å²) in [6.07, 6.45) is 2.02. The molecule has 0 aliphatic rings. The van der Waals surface area contributed by atoms with E-state index in [1.165, 1.54) is 0 Å². The highest BCUT2D eigenvalue weighted by Gasteiger charge is 2.18. The summed E-state index contributed by atoms with van der Waals surface area (Å²) in [5.74, 6) is 1.90. The Hall–Kier alpha value is -1.86. The van der Waals surface area contributed by atoms with Gasteiger partial charge in [0.2, 0.25) is 10.0 Å². The quantitative estimate of drug-likeness (QED) is 0.880. The van der Waals surface area contributed by atoms with Gasteiger partial charge in [-0.2, -0.15) is 0 Å². The molecular formula is C15H20N2O4S. The molecule has 0 aliphatic carbocycles. The first-order valence-electron chi connectivity index (χ1n) is 6.89. The normalized spacial score (nSPS) is 11.6. The number of aromatic nitrogens is 1. The van der Waals surface area contributed by atoms with Crippen LogP contribution in [0.25, 0.3) is 0 Å². The fourth-order valence-corrected chi connectivity index (χ4v) is 3.50. The minimum atomic E-state index is -3.58.